The Kier molecular flexibility index (Phi) is 4.11. The summed E-state index contributed by atoms with van der Waals surface area (Å²) < 4.78 is 38.5. The van der Waals surface area contributed by atoms with Gasteiger partial charge < -0.3 is 11.1 Å². The van der Waals surface area contributed by atoms with Gasteiger partial charge in [-0.3, -0.25) is 0 Å². The van der Waals surface area contributed by atoms with Crippen molar-refractivity contribution < 1.29 is 13.2 Å². The normalized spacial score (nSPS) is 12.9. The number of hydrogen-bond acceptors (Lipinski definition) is 2. The lowest BCUT2D eigenvalue weighted by atomic mass is 10.2. The van der Waals surface area contributed by atoms with E-state index < -0.39 is 17.5 Å². The maximum absolute atomic E-state index is 13.1. The second-order valence-electron chi connectivity index (χ2n) is 3.35. The fourth-order valence-corrected chi connectivity index (χ4v) is 1.07. The first-order valence-corrected chi connectivity index (χ1v) is 4.62. The van der Waals surface area contributed by atoms with Gasteiger partial charge in [-0.2, -0.15) is 0 Å². The molecule has 0 saturated heterocycles. The minimum atomic E-state index is -1.44. The van der Waals surface area contributed by atoms with Crippen LogP contribution in [0.5, 0.6) is 0 Å². The van der Waals surface area contributed by atoms with Crippen molar-refractivity contribution in [2.75, 3.05) is 6.54 Å². The molecule has 0 aromatic heterocycles. The summed E-state index contributed by atoms with van der Waals surface area (Å²) in [7, 11) is 0. The first-order chi connectivity index (χ1) is 7.06. The van der Waals surface area contributed by atoms with Gasteiger partial charge in [0.1, 0.15) is 0 Å². The van der Waals surface area contributed by atoms with E-state index in [1.54, 1.807) is 0 Å². The number of nitrogens with one attached hydrogen (secondary N) is 1. The molecule has 0 aliphatic heterocycles. The Hall–Kier alpha value is -1.07. The number of halogens is 3. The standard InChI is InChI=1S/C10H13F3N2/c1-6(4-14)15-5-7-2-3-8(11)10(13)9(7)12/h2-3,6,15H,4-5,14H2,1H3. The summed E-state index contributed by atoms with van der Waals surface area (Å²) in [6.45, 7) is 2.34. The van der Waals surface area contributed by atoms with Crippen molar-refractivity contribution in [3.8, 4) is 0 Å². The second kappa shape index (κ2) is 5.14. The summed E-state index contributed by atoms with van der Waals surface area (Å²) in [5, 5.41) is 2.88. The molecule has 3 N–H and O–H groups in total. The van der Waals surface area contributed by atoms with Crippen LogP contribution in [-0.2, 0) is 6.54 Å². The van der Waals surface area contributed by atoms with E-state index in [0.29, 0.717) is 6.54 Å². The van der Waals surface area contributed by atoms with E-state index in [0.717, 1.165) is 6.07 Å². The molecule has 1 unspecified atom stereocenters. The number of nitrogens with two attached hydrogens (primary N) is 1. The fraction of sp³-hybridized carbons (Fsp3) is 0.400. The molecular formula is C10H13F3N2. The third-order valence-corrected chi connectivity index (χ3v) is 2.11. The molecule has 0 fully saturated rings. The smallest absolute Gasteiger partial charge is 0.194 e. The highest BCUT2D eigenvalue weighted by Crippen LogP contribution is 2.14. The van der Waals surface area contributed by atoms with E-state index in [1.165, 1.54) is 6.07 Å². The first-order valence-electron chi connectivity index (χ1n) is 4.62. The lowest BCUT2D eigenvalue weighted by Crippen LogP contribution is -2.32. The average Bonchev–Trinajstić information content (AvgIpc) is 2.24. The van der Waals surface area contributed by atoms with Crippen molar-refractivity contribution in [3.05, 3.63) is 35.1 Å². The Morgan fingerprint density at radius 2 is 1.93 bits per heavy atom. The van der Waals surface area contributed by atoms with Crippen LogP contribution in [0.1, 0.15) is 12.5 Å². The van der Waals surface area contributed by atoms with Crippen LogP contribution in [0.15, 0.2) is 12.1 Å². The number of rotatable bonds is 4. The highest BCUT2D eigenvalue weighted by atomic mass is 19.2. The highest BCUT2D eigenvalue weighted by Gasteiger charge is 2.13. The minimum Gasteiger partial charge on any atom is -0.329 e. The molecule has 1 rings (SSSR count). The van der Waals surface area contributed by atoms with Crippen LogP contribution in [0.25, 0.3) is 0 Å². The zero-order chi connectivity index (χ0) is 11.4. The topological polar surface area (TPSA) is 38.0 Å². The summed E-state index contributed by atoms with van der Waals surface area (Å²) >= 11 is 0. The molecule has 0 heterocycles. The molecule has 15 heavy (non-hydrogen) atoms. The van der Waals surface area contributed by atoms with E-state index in [9.17, 15) is 13.2 Å². The zero-order valence-electron chi connectivity index (χ0n) is 8.36. The van der Waals surface area contributed by atoms with Crippen LogP contribution in [-0.4, -0.2) is 12.6 Å². The third kappa shape index (κ3) is 2.94. The van der Waals surface area contributed by atoms with Gasteiger partial charge in [-0.05, 0) is 13.0 Å². The van der Waals surface area contributed by atoms with Crippen LogP contribution in [0.2, 0.25) is 0 Å². The molecule has 1 atom stereocenters. The van der Waals surface area contributed by atoms with Gasteiger partial charge in [0.2, 0.25) is 0 Å². The van der Waals surface area contributed by atoms with Crippen molar-refractivity contribution in [3.63, 3.8) is 0 Å². The van der Waals surface area contributed by atoms with Gasteiger partial charge in [0.15, 0.2) is 17.5 Å². The largest absolute Gasteiger partial charge is 0.329 e. The summed E-state index contributed by atoms with van der Waals surface area (Å²) in [5.41, 5.74) is 5.43. The molecule has 0 bridgehead atoms. The van der Waals surface area contributed by atoms with Crippen molar-refractivity contribution in [1.29, 1.82) is 0 Å². The monoisotopic (exact) mass is 218 g/mol. The minimum absolute atomic E-state index is 0.00230. The fourth-order valence-electron chi connectivity index (χ4n) is 1.07. The van der Waals surface area contributed by atoms with Crippen LogP contribution in [0, 0.1) is 17.5 Å². The van der Waals surface area contributed by atoms with Gasteiger partial charge in [0, 0.05) is 24.7 Å². The molecule has 0 amide bonds. The van der Waals surface area contributed by atoms with Gasteiger partial charge in [-0.15, -0.1) is 0 Å². The lowest BCUT2D eigenvalue weighted by molar-refractivity contribution is 0.435. The number of hydrogen-bond donors (Lipinski definition) is 2. The maximum atomic E-state index is 13.1. The molecule has 0 aliphatic rings. The summed E-state index contributed by atoms with van der Waals surface area (Å²) in [5.74, 6) is -3.76. The molecule has 0 spiro atoms. The lowest BCUT2D eigenvalue weighted by Gasteiger charge is -2.11. The molecule has 1 aromatic carbocycles. The summed E-state index contributed by atoms with van der Waals surface area (Å²) in [6.07, 6.45) is 0. The Morgan fingerprint density at radius 1 is 1.27 bits per heavy atom. The quantitative estimate of drug-likeness (QED) is 0.752. The summed E-state index contributed by atoms with van der Waals surface area (Å²) in [4.78, 5) is 0. The SMILES string of the molecule is CC(CN)NCc1ccc(F)c(F)c1F. The Labute approximate surface area is 86.3 Å². The van der Waals surface area contributed by atoms with Gasteiger partial charge in [0.05, 0.1) is 0 Å². The van der Waals surface area contributed by atoms with Gasteiger partial charge in [-0.25, -0.2) is 13.2 Å². The Morgan fingerprint density at radius 3 is 2.53 bits per heavy atom. The molecule has 0 radical (unpaired) electrons. The van der Waals surface area contributed by atoms with E-state index in [4.69, 9.17) is 5.73 Å². The molecule has 0 aliphatic carbocycles. The maximum Gasteiger partial charge on any atom is 0.194 e. The second-order valence-corrected chi connectivity index (χ2v) is 3.35. The zero-order valence-corrected chi connectivity index (χ0v) is 8.36. The van der Waals surface area contributed by atoms with E-state index in [2.05, 4.69) is 5.32 Å². The van der Waals surface area contributed by atoms with E-state index in [-0.39, 0.29) is 18.2 Å². The van der Waals surface area contributed by atoms with E-state index in [1.807, 2.05) is 6.92 Å². The van der Waals surface area contributed by atoms with Gasteiger partial charge >= 0.3 is 0 Å². The first kappa shape index (κ1) is 12.0. The molecular weight excluding hydrogens is 205 g/mol. The Balaban J connectivity index is 2.74. The van der Waals surface area contributed by atoms with Crippen molar-refractivity contribution in [2.24, 2.45) is 5.73 Å². The molecule has 1 aromatic rings. The van der Waals surface area contributed by atoms with Gasteiger partial charge in [0.25, 0.3) is 0 Å². The van der Waals surface area contributed by atoms with Crippen LogP contribution < -0.4 is 11.1 Å². The molecule has 0 saturated carbocycles. The predicted molar refractivity (Wildman–Crippen MR) is 51.7 cm³/mol. The van der Waals surface area contributed by atoms with Crippen LogP contribution >= 0.6 is 0 Å². The highest BCUT2D eigenvalue weighted by molar-refractivity contribution is 5.20. The molecule has 84 valence electrons. The number of benzene rings is 1. The van der Waals surface area contributed by atoms with E-state index >= 15 is 0 Å². The van der Waals surface area contributed by atoms with Crippen molar-refractivity contribution in [2.45, 2.75) is 19.5 Å². The summed E-state index contributed by atoms with van der Waals surface area (Å²) in [6, 6.07) is 2.12. The molecule has 5 heteroatoms. The van der Waals surface area contributed by atoms with Crippen molar-refractivity contribution in [1.82, 2.24) is 5.32 Å². The predicted octanol–water partition coefficient (Wildman–Crippen LogP) is 1.54. The van der Waals surface area contributed by atoms with Crippen LogP contribution in [0.3, 0.4) is 0 Å². The molecule has 2 nitrogen and oxygen atoms in total. The average molecular weight is 218 g/mol. The van der Waals surface area contributed by atoms with Crippen LogP contribution in [0.4, 0.5) is 13.2 Å². The van der Waals surface area contributed by atoms with Crippen molar-refractivity contribution >= 4 is 0 Å². The Bertz CT molecular complexity index is 342. The van der Waals surface area contributed by atoms with Gasteiger partial charge in [-0.1, -0.05) is 6.07 Å². The third-order valence-electron chi connectivity index (χ3n) is 2.11.